The monoisotopic (exact) mass is 275 g/mol. The molecule has 1 aromatic carbocycles. The molecule has 0 bridgehead atoms. The molecule has 0 saturated heterocycles. The van der Waals surface area contributed by atoms with Crippen LogP contribution in [-0.2, 0) is 0 Å². The zero-order valence-electron chi connectivity index (χ0n) is 12.0. The quantitative estimate of drug-likeness (QED) is 0.373. The number of amidine groups is 1. The first kappa shape index (κ1) is 14.4. The van der Waals surface area contributed by atoms with Crippen molar-refractivity contribution in [3.63, 3.8) is 0 Å². The number of nitrogens with two attached hydrogens (primary N) is 1. The Morgan fingerprint density at radius 3 is 2.75 bits per heavy atom. The van der Waals surface area contributed by atoms with Gasteiger partial charge in [-0.2, -0.15) is 0 Å². The summed E-state index contributed by atoms with van der Waals surface area (Å²) in [5, 5.41) is 11.6. The highest BCUT2D eigenvalue weighted by molar-refractivity contribution is 5.96. The van der Waals surface area contributed by atoms with Gasteiger partial charge in [0.2, 0.25) is 0 Å². The van der Waals surface area contributed by atoms with Crippen molar-refractivity contribution in [3.8, 4) is 0 Å². The normalized spacial score (nSPS) is 15.2. The SMILES string of the molecule is Cc1cccc(C(=O)N(CCC(N)=NO)C2CC2)c1C. The molecule has 1 amide bonds. The molecular weight excluding hydrogens is 254 g/mol. The summed E-state index contributed by atoms with van der Waals surface area (Å²) < 4.78 is 0. The predicted molar refractivity (Wildman–Crippen MR) is 78.0 cm³/mol. The average molecular weight is 275 g/mol. The van der Waals surface area contributed by atoms with Crippen LogP contribution in [-0.4, -0.2) is 34.4 Å². The van der Waals surface area contributed by atoms with Gasteiger partial charge >= 0.3 is 0 Å². The maximum Gasteiger partial charge on any atom is 0.254 e. The average Bonchev–Trinajstić information content (AvgIpc) is 3.26. The Morgan fingerprint density at radius 1 is 1.45 bits per heavy atom. The highest BCUT2D eigenvalue weighted by atomic mass is 16.4. The lowest BCUT2D eigenvalue weighted by Gasteiger charge is -2.23. The van der Waals surface area contributed by atoms with E-state index < -0.39 is 0 Å². The van der Waals surface area contributed by atoms with Gasteiger partial charge in [-0.05, 0) is 43.9 Å². The fourth-order valence-electron chi connectivity index (χ4n) is 2.26. The van der Waals surface area contributed by atoms with Crippen LogP contribution in [0.3, 0.4) is 0 Å². The first-order valence-corrected chi connectivity index (χ1v) is 6.88. The Kier molecular flexibility index (Phi) is 4.27. The van der Waals surface area contributed by atoms with Crippen LogP contribution in [0.1, 0.15) is 40.7 Å². The number of benzene rings is 1. The number of aryl methyl sites for hydroxylation is 1. The maximum atomic E-state index is 12.7. The van der Waals surface area contributed by atoms with Gasteiger partial charge in [-0.3, -0.25) is 4.79 Å². The molecular formula is C15H21N3O2. The van der Waals surface area contributed by atoms with Crippen LogP contribution in [0.15, 0.2) is 23.4 Å². The van der Waals surface area contributed by atoms with Crippen LogP contribution >= 0.6 is 0 Å². The van der Waals surface area contributed by atoms with Crippen LogP contribution in [0.25, 0.3) is 0 Å². The lowest BCUT2D eigenvalue weighted by Crippen LogP contribution is -2.36. The molecule has 0 aromatic heterocycles. The van der Waals surface area contributed by atoms with Crippen molar-refractivity contribution in [2.75, 3.05) is 6.54 Å². The smallest absolute Gasteiger partial charge is 0.254 e. The minimum absolute atomic E-state index is 0.0411. The summed E-state index contributed by atoms with van der Waals surface area (Å²) in [5.41, 5.74) is 8.38. The van der Waals surface area contributed by atoms with Crippen molar-refractivity contribution in [2.24, 2.45) is 10.9 Å². The molecule has 1 aromatic rings. The van der Waals surface area contributed by atoms with Gasteiger partial charge in [0.05, 0.1) is 0 Å². The van der Waals surface area contributed by atoms with Gasteiger partial charge in [0.1, 0.15) is 5.84 Å². The molecule has 0 radical (unpaired) electrons. The van der Waals surface area contributed by atoms with E-state index in [-0.39, 0.29) is 11.7 Å². The summed E-state index contributed by atoms with van der Waals surface area (Å²) in [5.74, 6) is 0.198. The number of carbonyl (C=O) groups is 1. The van der Waals surface area contributed by atoms with E-state index in [1.54, 1.807) is 0 Å². The van der Waals surface area contributed by atoms with E-state index in [4.69, 9.17) is 10.9 Å². The molecule has 5 nitrogen and oxygen atoms in total. The molecule has 0 atom stereocenters. The third-order valence-electron chi connectivity index (χ3n) is 3.82. The maximum absolute atomic E-state index is 12.7. The topological polar surface area (TPSA) is 78.9 Å². The second-order valence-electron chi connectivity index (χ2n) is 5.32. The molecule has 0 heterocycles. The molecule has 3 N–H and O–H groups in total. The summed E-state index contributed by atoms with van der Waals surface area (Å²) >= 11 is 0. The number of oxime groups is 1. The molecule has 0 unspecified atom stereocenters. The van der Waals surface area contributed by atoms with Crippen molar-refractivity contribution in [3.05, 3.63) is 34.9 Å². The lowest BCUT2D eigenvalue weighted by atomic mass is 10.0. The van der Waals surface area contributed by atoms with Crippen molar-refractivity contribution in [1.82, 2.24) is 4.90 Å². The number of rotatable bonds is 5. The Morgan fingerprint density at radius 2 is 2.15 bits per heavy atom. The highest BCUT2D eigenvalue weighted by Gasteiger charge is 2.33. The van der Waals surface area contributed by atoms with Crippen molar-refractivity contribution >= 4 is 11.7 Å². The number of hydrogen-bond acceptors (Lipinski definition) is 3. The Balaban J connectivity index is 2.17. The largest absolute Gasteiger partial charge is 0.409 e. The van der Waals surface area contributed by atoms with Crippen LogP contribution in [0.5, 0.6) is 0 Å². The number of nitrogens with zero attached hydrogens (tertiary/aromatic N) is 2. The van der Waals surface area contributed by atoms with Crippen molar-refractivity contribution in [2.45, 2.75) is 39.2 Å². The standard InChI is InChI=1S/C15H21N3O2/c1-10-4-3-5-13(11(10)2)15(19)18(12-6-7-12)9-8-14(16)17-20/h3-5,12,20H,6-9H2,1-2H3,(H2,16,17). The second-order valence-corrected chi connectivity index (χ2v) is 5.32. The van der Waals surface area contributed by atoms with E-state index in [1.807, 2.05) is 36.9 Å². The number of hydrogen-bond donors (Lipinski definition) is 2. The van der Waals surface area contributed by atoms with E-state index in [2.05, 4.69) is 5.16 Å². The summed E-state index contributed by atoms with van der Waals surface area (Å²) in [6.07, 6.45) is 2.46. The fourth-order valence-corrected chi connectivity index (χ4v) is 2.26. The summed E-state index contributed by atoms with van der Waals surface area (Å²) in [6.45, 7) is 4.47. The zero-order chi connectivity index (χ0) is 14.7. The minimum Gasteiger partial charge on any atom is -0.409 e. The van der Waals surface area contributed by atoms with Gasteiger partial charge in [0.15, 0.2) is 0 Å². The minimum atomic E-state index is 0.0411. The summed E-state index contributed by atoms with van der Waals surface area (Å²) in [6, 6.07) is 6.08. The van der Waals surface area contributed by atoms with E-state index >= 15 is 0 Å². The summed E-state index contributed by atoms with van der Waals surface area (Å²) in [4.78, 5) is 14.5. The Hall–Kier alpha value is -2.04. The van der Waals surface area contributed by atoms with Gasteiger partial charge in [0, 0.05) is 24.6 Å². The molecule has 0 aliphatic heterocycles. The van der Waals surface area contributed by atoms with Crippen LogP contribution in [0.4, 0.5) is 0 Å². The van der Waals surface area contributed by atoms with Crippen LogP contribution < -0.4 is 5.73 Å². The molecule has 1 saturated carbocycles. The first-order valence-electron chi connectivity index (χ1n) is 6.88. The molecule has 1 aliphatic rings. The van der Waals surface area contributed by atoms with Crippen LogP contribution in [0.2, 0.25) is 0 Å². The van der Waals surface area contributed by atoms with E-state index in [9.17, 15) is 4.79 Å². The molecule has 1 fully saturated rings. The third-order valence-corrected chi connectivity index (χ3v) is 3.82. The van der Waals surface area contributed by atoms with E-state index in [0.29, 0.717) is 19.0 Å². The van der Waals surface area contributed by atoms with Gasteiger partial charge in [0.25, 0.3) is 5.91 Å². The van der Waals surface area contributed by atoms with E-state index in [1.165, 1.54) is 0 Å². The number of amides is 1. The second kappa shape index (κ2) is 5.94. The lowest BCUT2D eigenvalue weighted by molar-refractivity contribution is 0.0746. The first-order chi connectivity index (χ1) is 9.54. The zero-order valence-corrected chi connectivity index (χ0v) is 12.0. The molecule has 20 heavy (non-hydrogen) atoms. The highest BCUT2D eigenvalue weighted by Crippen LogP contribution is 2.29. The Bertz CT molecular complexity index is 536. The molecule has 0 spiro atoms. The van der Waals surface area contributed by atoms with Gasteiger partial charge in [-0.25, -0.2) is 0 Å². The Labute approximate surface area is 119 Å². The van der Waals surface area contributed by atoms with E-state index in [0.717, 1.165) is 29.5 Å². The van der Waals surface area contributed by atoms with Crippen LogP contribution in [0, 0.1) is 13.8 Å². The van der Waals surface area contributed by atoms with Crippen molar-refractivity contribution < 1.29 is 10.0 Å². The molecule has 108 valence electrons. The molecule has 1 aliphatic carbocycles. The van der Waals surface area contributed by atoms with Gasteiger partial charge in [-0.15, -0.1) is 0 Å². The molecule has 5 heteroatoms. The van der Waals surface area contributed by atoms with Gasteiger partial charge < -0.3 is 15.8 Å². The van der Waals surface area contributed by atoms with Crippen molar-refractivity contribution in [1.29, 1.82) is 0 Å². The summed E-state index contributed by atoms with van der Waals surface area (Å²) in [7, 11) is 0. The fraction of sp³-hybridized carbons (Fsp3) is 0.467. The van der Waals surface area contributed by atoms with Gasteiger partial charge in [-0.1, -0.05) is 17.3 Å². The molecule has 2 rings (SSSR count). The third kappa shape index (κ3) is 3.10. The predicted octanol–water partition coefficient (Wildman–Crippen LogP) is 2.04. The number of carbonyl (C=O) groups excluding carboxylic acids is 1.